The van der Waals surface area contributed by atoms with Crippen molar-refractivity contribution >= 4 is 22.2 Å². The molecule has 0 amide bonds. The van der Waals surface area contributed by atoms with Crippen molar-refractivity contribution in [2.45, 2.75) is 79.0 Å². The number of unbranched alkanes of at least 4 members (excludes halogenated alkanes) is 3. The van der Waals surface area contributed by atoms with Crippen LogP contribution in [0.15, 0.2) is 16.7 Å². The predicted octanol–water partition coefficient (Wildman–Crippen LogP) is 4.84. The third-order valence-electron chi connectivity index (χ3n) is 4.67. The first-order valence-corrected chi connectivity index (χ1v) is 16.5. The summed E-state index contributed by atoms with van der Waals surface area (Å²) in [6.45, 7) is 7.70. The minimum atomic E-state index is -2.37. The van der Waals surface area contributed by atoms with Crippen molar-refractivity contribution in [1.29, 1.82) is 0 Å². The SMILES string of the molecule is CCC[CH2][Sn]([CH2]CCC)([CH2]CCC)[c]1occc1CCN. The molecule has 21 heavy (non-hydrogen) atoms. The molecule has 0 saturated heterocycles. The maximum absolute atomic E-state index is 6.11. The van der Waals surface area contributed by atoms with Crippen LogP contribution in [0.4, 0.5) is 0 Å². The van der Waals surface area contributed by atoms with E-state index in [9.17, 15) is 0 Å². The van der Waals surface area contributed by atoms with Gasteiger partial charge in [0.25, 0.3) is 0 Å². The van der Waals surface area contributed by atoms with E-state index in [1.807, 2.05) is 6.26 Å². The Morgan fingerprint density at radius 3 is 1.90 bits per heavy atom. The fourth-order valence-corrected chi connectivity index (χ4v) is 19.8. The molecule has 2 N–H and O–H groups in total. The zero-order valence-corrected chi connectivity index (χ0v) is 17.3. The van der Waals surface area contributed by atoms with Crippen LogP contribution in [-0.4, -0.2) is 24.9 Å². The zero-order chi connectivity index (χ0) is 15.6. The third-order valence-corrected chi connectivity index (χ3v) is 19.9. The van der Waals surface area contributed by atoms with Gasteiger partial charge < -0.3 is 0 Å². The minimum absolute atomic E-state index is 0.740. The van der Waals surface area contributed by atoms with Gasteiger partial charge in [0.2, 0.25) is 0 Å². The average Bonchev–Trinajstić information content (AvgIpc) is 2.96. The Morgan fingerprint density at radius 2 is 1.48 bits per heavy atom. The van der Waals surface area contributed by atoms with Gasteiger partial charge in [-0.25, -0.2) is 0 Å². The maximum atomic E-state index is 6.11. The Labute approximate surface area is 135 Å². The molecule has 0 saturated carbocycles. The standard InChI is InChI=1S/C6H8NO.3C4H9.Sn/c7-3-1-6-2-4-8-5-6;3*1-3-4-2;/h2,4H,1,3,7H2;3*1,3-4H2,2H3;. The average molecular weight is 400 g/mol. The van der Waals surface area contributed by atoms with Crippen molar-refractivity contribution < 1.29 is 4.42 Å². The first kappa shape index (κ1) is 19.1. The molecule has 1 rings (SSSR count). The normalized spacial score (nSPS) is 12.0. The van der Waals surface area contributed by atoms with E-state index in [-0.39, 0.29) is 0 Å². The summed E-state index contributed by atoms with van der Waals surface area (Å²) >= 11 is -2.37. The number of hydrogen-bond acceptors (Lipinski definition) is 2. The molecular formula is C18H35NOSn. The van der Waals surface area contributed by atoms with Crippen molar-refractivity contribution in [3.8, 4) is 0 Å². The van der Waals surface area contributed by atoms with E-state index in [1.54, 1.807) is 0 Å². The molecule has 0 spiro atoms. The molecular weight excluding hydrogens is 365 g/mol. The Kier molecular flexibility index (Phi) is 9.74. The van der Waals surface area contributed by atoms with E-state index >= 15 is 0 Å². The molecule has 0 aliphatic carbocycles. The van der Waals surface area contributed by atoms with Crippen LogP contribution in [0.3, 0.4) is 0 Å². The van der Waals surface area contributed by atoms with Crippen molar-refractivity contribution in [2.75, 3.05) is 6.54 Å². The molecule has 1 aromatic rings. The fourth-order valence-electron chi connectivity index (χ4n) is 3.41. The summed E-state index contributed by atoms with van der Waals surface area (Å²) in [4.78, 5) is 0. The number of hydrogen-bond donors (Lipinski definition) is 1. The van der Waals surface area contributed by atoms with Gasteiger partial charge in [0, 0.05) is 0 Å². The molecule has 0 aliphatic heterocycles. The van der Waals surface area contributed by atoms with Crippen LogP contribution in [0.2, 0.25) is 13.3 Å². The van der Waals surface area contributed by atoms with Gasteiger partial charge in [0.15, 0.2) is 0 Å². The van der Waals surface area contributed by atoms with Crippen LogP contribution in [-0.2, 0) is 6.42 Å². The topological polar surface area (TPSA) is 39.2 Å². The van der Waals surface area contributed by atoms with Gasteiger partial charge in [-0.15, -0.1) is 0 Å². The van der Waals surface area contributed by atoms with Gasteiger partial charge in [-0.1, -0.05) is 0 Å². The molecule has 0 atom stereocenters. The summed E-state index contributed by atoms with van der Waals surface area (Å²) in [5.41, 5.74) is 7.26. The van der Waals surface area contributed by atoms with E-state index < -0.39 is 18.4 Å². The van der Waals surface area contributed by atoms with Crippen LogP contribution < -0.4 is 9.51 Å². The monoisotopic (exact) mass is 401 g/mol. The molecule has 0 unspecified atom stereocenters. The third kappa shape index (κ3) is 5.63. The quantitative estimate of drug-likeness (QED) is 0.511. The van der Waals surface area contributed by atoms with Crippen molar-refractivity contribution in [2.24, 2.45) is 5.73 Å². The summed E-state index contributed by atoms with van der Waals surface area (Å²) in [7, 11) is 0. The zero-order valence-electron chi connectivity index (χ0n) is 14.4. The summed E-state index contributed by atoms with van der Waals surface area (Å²) in [5.74, 6) is 0. The molecule has 0 bridgehead atoms. The molecule has 0 aromatic carbocycles. The molecule has 0 fully saturated rings. The van der Waals surface area contributed by atoms with Gasteiger partial charge in [-0.3, -0.25) is 0 Å². The van der Waals surface area contributed by atoms with Gasteiger partial charge in [-0.2, -0.15) is 0 Å². The molecule has 0 radical (unpaired) electrons. The van der Waals surface area contributed by atoms with Crippen molar-refractivity contribution in [3.05, 3.63) is 17.9 Å². The summed E-state index contributed by atoms with van der Waals surface area (Å²) < 4.78 is 12.0. The van der Waals surface area contributed by atoms with Crippen LogP contribution in [0.1, 0.15) is 64.9 Å². The number of rotatable bonds is 12. The van der Waals surface area contributed by atoms with Gasteiger partial charge in [0.1, 0.15) is 0 Å². The van der Waals surface area contributed by atoms with Crippen LogP contribution in [0.5, 0.6) is 0 Å². The molecule has 2 nitrogen and oxygen atoms in total. The second kappa shape index (κ2) is 10.7. The molecule has 1 aromatic heterocycles. The Hall–Kier alpha value is 0.0387. The fraction of sp³-hybridized carbons (Fsp3) is 0.778. The molecule has 1 heterocycles. The van der Waals surface area contributed by atoms with E-state index in [1.165, 1.54) is 61.2 Å². The first-order chi connectivity index (χ1) is 10.2. The van der Waals surface area contributed by atoms with E-state index in [2.05, 4.69) is 26.8 Å². The predicted molar refractivity (Wildman–Crippen MR) is 96.0 cm³/mol. The van der Waals surface area contributed by atoms with Crippen LogP contribution in [0.25, 0.3) is 0 Å². The number of furan rings is 1. The van der Waals surface area contributed by atoms with E-state index in [0.717, 1.165) is 13.0 Å². The van der Waals surface area contributed by atoms with Gasteiger partial charge in [-0.05, 0) is 0 Å². The van der Waals surface area contributed by atoms with Crippen molar-refractivity contribution in [1.82, 2.24) is 0 Å². The summed E-state index contributed by atoms with van der Waals surface area (Å²) in [6.07, 6.45) is 11.0. The van der Waals surface area contributed by atoms with Gasteiger partial charge in [0.05, 0.1) is 0 Å². The molecule has 3 heteroatoms. The second-order valence-electron chi connectivity index (χ2n) is 6.40. The summed E-state index contributed by atoms with van der Waals surface area (Å²) in [6, 6.07) is 2.19. The Balaban J connectivity index is 3.06. The second-order valence-corrected chi connectivity index (χ2v) is 19.3. The molecule has 122 valence electrons. The van der Waals surface area contributed by atoms with E-state index in [4.69, 9.17) is 10.2 Å². The Bertz CT molecular complexity index is 353. The summed E-state index contributed by atoms with van der Waals surface area (Å²) in [5, 5.41) is 0. The first-order valence-electron chi connectivity index (χ1n) is 9.01. The van der Waals surface area contributed by atoms with Gasteiger partial charge >= 0.3 is 136 Å². The van der Waals surface area contributed by atoms with Crippen molar-refractivity contribution in [3.63, 3.8) is 0 Å². The number of nitrogens with two attached hydrogens (primary N) is 1. The Morgan fingerprint density at radius 1 is 0.952 bits per heavy atom. The van der Waals surface area contributed by atoms with Crippen LogP contribution in [0, 0.1) is 0 Å². The van der Waals surface area contributed by atoms with E-state index in [0.29, 0.717) is 0 Å². The molecule has 0 aliphatic rings. The van der Waals surface area contributed by atoms with Crippen LogP contribution >= 0.6 is 0 Å².